The molecule has 0 heterocycles. The van der Waals surface area contributed by atoms with Crippen molar-refractivity contribution in [1.82, 2.24) is 5.32 Å². The molecule has 0 saturated heterocycles. The van der Waals surface area contributed by atoms with Crippen LogP contribution in [0.15, 0.2) is 30.3 Å². The number of carbonyl (C=O) groups is 1. The highest BCUT2D eigenvalue weighted by Gasteiger charge is 2.32. The Balaban J connectivity index is 2.85. The lowest BCUT2D eigenvalue weighted by Gasteiger charge is -2.34. The minimum atomic E-state index is -0.680. The molecule has 0 aliphatic rings. The third kappa shape index (κ3) is 6.48. The summed E-state index contributed by atoms with van der Waals surface area (Å²) in [5.41, 5.74) is 0.162. The first-order chi connectivity index (χ1) is 9.99. The van der Waals surface area contributed by atoms with Gasteiger partial charge in [-0.25, -0.2) is 4.79 Å². The summed E-state index contributed by atoms with van der Waals surface area (Å²) in [4.78, 5) is 12.0. The molecule has 0 spiro atoms. The van der Waals surface area contributed by atoms with Crippen molar-refractivity contribution in [2.45, 2.75) is 65.7 Å². The maximum atomic E-state index is 12.0. The summed E-state index contributed by atoms with van der Waals surface area (Å²) in [6.07, 6.45) is -0.629. The highest BCUT2D eigenvalue weighted by Crippen LogP contribution is 2.24. The number of aliphatic hydroxyl groups excluding tert-OH is 1. The molecule has 2 atom stereocenters. The van der Waals surface area contributed by atoms with Gasteiger partial charge in [0.25, 0.3) is 0 Å². The number of carbonyl (C=O) groups excluding carboxylic acids is 1. The van der Waals surface area contributed by atoms with E-state index in [1.54, 1.807) is 0 Å². The van der Waals surface area contributed by atoms with E-state index in [-0.39, 0.29) is 5.41 Å². The van der Waals surface area contributed by atoms with Gasteiger partial charge >= 0.3 is 6.09 Å². The van der Waals surface area contributed by atoms with Gasteiger partial charge in [-0.3, -0.25) is 0 Å². The molecular formula is C18H29NO3. The molecular weight excluding hydrogens is 278 g/mol. The van der Waals surface area contributed by atoms with Crippen LogP contribution in [0.4, 0.5) is 4.79 Å². The molecule has 1 rings (SSSR count). The summed E-state index contributed by atoms with van der Waals surface area (Å²) in [5.74, 6) is 0. The lowest BCUT2D eigenvalue weighted by atomic mass is 9.82. The topological polar surface area (TPSA) is 58.6 Å². The van der Waals surface area contributed by atoms with Crippen LogP contribution in [0.3, 0.4) is 0 Å². The average molecular weight is 307 g/mol. The van der Waals surface area contributed by atoms with Crippen molar-refractivity contribution in [3.63, 3.8) is 0 Å². The minimum absolute atomic E-state index is 0.339. The van der Waals surface area contributed by atoms with Gasteiger partial charge in [0.1, 0.15) is 5.60 Å². The molecule has 0 saturated carbocycles. The Kier molecular flexibility index (Phi) is 6.00. The number of nitrogens with one attached hydrogen (secondary N) is 1. The van der Waals surface area contributed by atoms with Gasteiger partial charge in [0.05, 0.1) is 12.1 Å². The molecule has 0 aliphatic carbocycles. The molecule has 0 unspecified atom stereocenters. The summed E-state index contributed by atoms with van der Waals surface area (Å²) in [5, 5.41) is 13.4. The molecule has 0 aromatic heterocycles. The van der Waals surface area contributed by atoms with E-state index >= 15 is 0 Å². The lowest BCUT2D eigenvalue weighted by molar-refractivity contribution is 0.0142. The number of benzene rings is 1. The summed E-state index contributed by atoms with van der Waals surface area (Å²) in [6.45, 7) is 11.3. The molecule has 1 amide bonds. The van der Waals surface area contributed by atoms with Crippen LogP contribution in [0.25, 0.3) is 0 Å². The van der Waals surface area contributed by atoms with Crippen molar-refractivity contribution in [3.05, 3.63) is 35.9 Å². The zero-order valence-corrected chi connectivity index (χ0v) is 14.5. The van der Waals surface area contributed by atoms with Gasteiger partial charge in [0.2, 0.25) is 0 Å². The summed E-state index contributed by atoms with van der Waals surface area (Å²) >= 11 is 0. The van der Waals surface area contributed by atoms with E-state index in [1.807, 2.05) is 71.9 Å². The second kappa shape index (κ2) is 7.14. The molecule has 0 aliphatic heterocycles. The SMILES string of the molecule is CC(C)(C)OC(=O)N[C@@H](Cc1ccccc1)[C@@H](O)C(C)(C)C. The van der Waals surface area contributed by atoms with Crippen LogP contribution in [-0.4, -0.2) is 28.9 Å². The van der Waals surface area contributed by atoms with Gasteiger partial charge in [0.15, 0.2) is 0 Å². The molecule has 0 radical (unpaired) electrons. The minimum Gasteiger partial charge on any atom is -0.444 e. The van der Waals surface area contributed by atoms with E-state index in [9.17, 15) is 9.90 Å². The number of hydrogen-bond donors (Lipinski definition) is 2. The first-order valence-electron chi connectivity index (χ1n) is 7.70. The Morgan fingerprint density at radius 1 is 1.14 bits per heavy atom. The fourth-order valence-electron chi connectivity index (χ4n) is 2.17. The predicted octanol–water partition coefficient (Wildman–Crippen LogP) is 3.53. The molecule has 0 bridgehead atoms. The Hall–Kier alpha value is -1.55. The van der Waals surface area contributed by atoms with Crippen molar-refractivity contribution in [2.75, 3.05) is 0 Å². The zero-order valence-electron chi connectivity index (χ0n) is 14.5. The fraction of sp³-hybridized carbons (Fsp3) is 0.611. The third-order valence-electron chi connectivity index (χ3n) is 3.27. The van der Waals surface area contributed by atoms with Crippen LogP contribution in [0.2, 0.25) is 0 Å². The second-order valence-electron chi connectivity index (χ2n) is 7.75. The van der Waals surface area contributed by atoms with Crippen molar-refractivity contribution >= 4 is 6.09 Å². The monoisotopic (exact) mass is 307 g/mol. The molecule has 124 valence electrons. The first kappa shape index (κ1) is 18.5. The van der Waals surface area contributed by atoms with E-state index in [0.29, 0.717) is 6.42 Å². The molecule has 4 nitrogen and oxygen atoms in total. The van der Waals surface area contributed by atoms with E-state index in [0.717, 1.165) is 5.56 Å². The maximum Gasteiger partial charge on any atom is 0.407 e. The fourth-order valence-corrected chi connectivity index (χ4v) is 2.17. The van der Waals surface area contributed by atoms with Crippen LogP contribution in [0, 0.1) is 5.41 Å². The van der Waals surface area contributed by atoms with Crippen LogP contribution < -0.4 is 5.32 Å². The molecule has 1 aromatic rings. The maximum absolute atomic E-state index is 12.0. The molecule has 4 heteroatoms. The number of amides is 1. The highest BCUT2D eigenvalue weighted by molar-refractivity contribution is 5.68. The zero-order chi connectivity index (χ0) is 17.0. The van der Waals surface area contributed by atoms with E-state index in [4.69, 9.17) is 4.74 Å². The van der Waals surface area contributed by atoms with Crippen molar-refractivity contribution in [1.29, 1.82) is 0 Å². The first-order valence-corrected chi connectivity index (χ1v) is 7.70. The van der Waals surface area contributed by atoms with Crippen LogP contribution in [0.5, 0.6) is 0 Å². The number of alkyl carbamates (subject to hydrolysis) is 1. The molecule has 0 fully saturated rings. The summed E-state index contributed by atoms with van der Waals surface area (Å²) in [7, 11) is 0. The van der Waals surface area contributed by atoms with Crippen LogP contribution in [-0.2, 0) is 11.2 Å². The van der Waals surface area contributed by atoms with Gasteiger partial charge in [-0.1, -0.05) is 51.1 Å². The van der Waals surface area contributed by atoms with E-state index in [2.05, 4.69) is 5.32 Å². The Labute approximate surface area is 133 Å². The van der Waals surface area contributed by atoms with Crippen molar-refractivity contribution in [2.24, 2.45) is 5.41 Å². The predicted molar refractivity (Wildman–Crippen MR) is 88.8 cm³/mol. The van der Waals surface area contributed by atoms with Gasteiger partial charge in [-0.2, -0.15) is 0 Å². The standard InChI is InChI=1S/C18H29NO3/c1-17(2,3)15(20)14(12-13-10-8-7-9-11-13)19-16(21)22-18(4,5)6/h7-11,14-15,20H,12H2,1-6H3,(H,19,21)/t14-,15+/m0/s1. The third-order valence-corrected chi connectivity index (χ3v) is 3.27. The van der Waals surface area contributed by atoms with E-state index in [1.165, 1.54) is 0 Å². The number of rotatable bonds is 4. The quantitative estimate of drug-likeness (QED) is 0.894. The summed E-state index contributed by atoms with van der Waals surface area (Å²) < 4.78 is 5.31. The largest absolute Gasteiger partial charge is 0.444 e. The Bertz CT molecular complexity index is 471. The number of aliphatic hydroxyl groups is 1. The second-order valence-corrected chi connectivity index (χ2v) is 7.75. The van der Waals surface area contributed by atoms with Gasteiger partial charge < -0.3 is 15.2 Å². The number of ether oxygens (including phenoxy) is 1. The Morgan fingerprint density at radius 3 is 2.14 bits per heavy atom. The Morgan fingerprint density at radius 2 is 1.68 bits per heavy atom. The van der Waals surface area contributed by atoms with Crippen LogP contribution in [0.1, 0.15) is 47.1 Å². The molecule has 2 N–H and O–H groups in total. The normalized spacial score (nSPS) is 15.0. The summed E-state index contributed by atoms with van der Waals surface area (Å²) in [6, 6.07) is 9.41. The van der Waals surface area contributed by atoms with Crippen LogP contribution >= 0.6 is 0 Å². The van der Waals surface area contributed by atoms with Gasteiger partial charge in [-0.15, -0.1) is 0 Å². The van der Waals surface area contributed by atoms with E-state index < -0.39 is 23.8 Å². The number of hydrogen-bond acceptors (Lipinski definition) is 3. The average Bonchev–Trinajstić information content (AvgIpc) is 2.35. The molecule has 22 heavy (non-hydrogen) atoms. The van der Waals surface area contributed by atoms with Crippen molar-refractivity contribution < 1.29 is 14.6 Å². The van der Waals surface area contributed by atoms with Gasteiger partial charge in [0, 0.05) is 0 Å². The highest BCUT2D eigenvalue weighted by atomic mass is 16.6. The van der Waals surface area contributed by atoms with Crippen molar-refractivity contribution in [3.8, 4) is 0 Å². The lowest BCUT2D eigenvalue weighted by Crippen LogP contribution is -2.51. The smallest absolute Gasteiger partial charge is 0.407 e. The molecule has 1 aromatic carbocycles. The van der Waals surface area contributed by atoms with Gasteiger partial charge in [-0.05, 0) is 38.2 Å².